The number of aliphatic imine (C=N–C) groups is 1. The van der Waals surface area contributed by atoms with E-state index in [2.05, 4.69) is 209 Å². The van der Waals surface area contributed by atoms with Crippen LogP contribution in [0.1, 0.15) is 35.2 Å². The van der Waals surface area contributed by atoms with Crippen LogP contribution >= 0.6 is 0 Å². The molecule has 60 heavy (non-hydrogen) atoms. The van der Waals surface area contributed by atoms with E-state index in [-0.39, 0.29) is 18.2 Å². The Balaban J connectivity index is 0.983. The first-order chi connectivity index (χ1) is 29.7. The van der Waals surface area contributed by atoms with Gasteiger partial charge in [-0.2, -0.15) is 0 Å². The van der Waals surface area contributed by atoms with Crippen molar-refractivity contribution in [1.29, 1.82) is 0 Å². The second kappa shape index (κ2) is 14.1. The van der Waals surface area contributed by atoms with E-state index in [1.807, 2.05) is 6.07 Å². The quantitative estimate of drug-likeness (QED) is 0.177. The average molecular weight is 773 g/mol. The molecule has 5 heteroatoms. The molecule has 1 aliphatic heterocycles. The molecule has 12 rings (SSSR count). The second-order valence-electron chi connectivity index (χ2n) is 15.9. The summed E-state index contributed by atoms with van der Waals surface area (Å²) in [6.07, 6.45) is 7.52. The van der Waals surface area contributed by atoms with Crippen molar-refractivity contribution in [3.05, 3.63) is 222 Å². The maximum Gasteiger partial charge on any atom is 0.139 e. The Labute approximate surface area is 347 Å². The largest absolute Gasteiger partial charge is 0.456 e. The molecule has 0 fully saturated rings. The lowest BCUT2D eigenvalue weighted by atomic mass is 9.86. The highest BCUT2D eigenvalue weighted by Crippen LogP contribution is 2.43. The molecule has 286 valence electrons. The van der Waals surface area contributed by atoms with Gasteiger partial charge in [0.15, 0.2) is 0 Å². The zero-order valence-corrected chi connectivity index (χ0v) is 32.8. The number of aromatic nitrogens is 1. The fourth-order valence-electron chi connectivity index (χ4n) is 9.51. The van der Waals surface area contributed by atoms with Crippen LogP contribution in [0.5, 0.6) is 0 Å². The highest BCUT2D eigenvalue weighted by Gasteiger charge is 2.29. The van der Waals surface area contributed by atoms with E-state index in [9.17, 15) is 0 Å². The van der Waals surface area contributed by atoms with Crippen LogP contribution in [-0.2, 0) is 0 Å². The van der Waals surface area contributed by atoms with Gasteiger partial charge in [0, 0.05) is 44.3 Å². The van der Waals surface area contributed by atoms with E-state index in [0.29, 0.717) is 0 Å². The van der Waals surface area contributed by atoms with Crippen molar-refractivity contribution in [3.8, 4) is 16.8 Å². The van der Waals surface area contributed by atoms with Gasteiger partial charge in [-0.1, -0.05) is 158 Å². The van der Waals surface area contributed by atoms with Gasteiger partial charge in [-0.25, -0.2) is 4.99 Å². The number of nitrogens with one attached hydrogen (secondary N) is 2. The number of hydrogen-bond acceptors (Lipinski definition) is 4. The van der Waals surface area contributed by atoms with Gasteiger partial charge < -0.3 is 14.3 Å². The van der Waals surface area contributed by atoms with Crippen LogP contribution in [0, 0.1) is 0 Å². The average Bonchev–Trinajstić information content (AvgIpc) is 3.88. The fourth-order valence-corrected chi connectivity index (χ4v) is 9.51. The summed E-state index contributed by atoms with van der Waals surface area (Å²) in [5.41, 5.74) is 12.3. The molecule has 2 aliphatic rings. The first kappa shape index (κ1) is 34.6. The fraction of sp³-hybridized carbons (Fsp3) is 0.0727. The van der Waals surface area contributed by atoms with E-state index in [4.69, 9.17) is 9.41 Å². The number of benzene rings is 8. The van der Waals surface area contributed by atoms with Crippen molar-refractivity contribution >= 4 is 60.4 Å². The number of nitrogens with zero attached hydrogens (tertiary/aromatic N) is 2. The predicted octanol–water partition coefficient (Wildman–Crippen LogP) is 13.1. The monoisotopic (exact) mass is 772 g/mol. The SMILES string of the molecule is C1=CC(C2NC(c3ccccc3)=NC(c3ccccc3)N2)=CC(c2cc3ccccc3c3c2oc2ccc(-n4c5ccccc5c5cc(-c6ccccc6)ccc54)cc23)C1. The van der Waals surface area contributed by atoms with Gasteiger partial charge in [0.25, 0.3) is 0 Å². The van der Waals surface area contributed by atoms with Crippen molar-refractivity contribution in [1.82, 2.24) is 15.2 Å². The minimum atomic E-state index is -0.195. The van der Waals surface area contributed by atoms with Crippen molar-refractivity contribution in [2.75, 3.05) is 0 Å². The summed E-state index contributed by atoms with van der Waals surface area (Å²) in [7, 11) is 0. The van der Waals surface area contributed by atoms with Crippen LogP contribution in [-0.4, -0.2) is 16.6 Å². The minimum absolute atomic E-state index is 0.103. The Bertz CT molecular complexity index is 3360. The van der Waals surface area contributed by atoms with Crippen LogP contribution in [0.4, 0.5) is 0 Å². The van der Waals surface area contributed by atoms with Crippen LogP contribution in [0.25, 0.3) is 71.3 Å². The number of hydrogen-bond donors (Lipinski definition) is 2. The third-order valence-electron chi connectivity index (χ3n) is 12.4. The first-order valence-corrected chi connectivity index (χ1v) is 20.8. The van der Waals surface area contributed by atoms with Gasteiger partial charge in [-0.15, -0.1) is 0 Å². The number of fused-ring (bicyclic) bond motifs is 8. The van der Waals surface area contributed by atoms with Crippen molar-refractivity contribution < 1.29 is 4.42 Å². The molecule has 0 saturated carbocycles. The standard InChI is InChI=1S/C55H40N4O/c1-4-15-35(16-5-1)38-27-29-49-46(32-38)44-25-12-13-26-48(44)59(49)42-28-30-50-47(34-42)51-43-24-11-10-21-40(43)33-45(52(51)60-50)39-22-14-23-41(31-39)55-57-53(36-17-6-2-7-18-36)56-54(58-55)37-19-8-3-9-20-37/h1-21,23-34,39,53,55,57H,22H2,(H,56,58). The molecule has 2 aromatic heterocycles. The van der Waals surface area contributed by atoms with Gasteiger partial charge in [0.05, 0.1) is 11.0 Å². The molecule has 1 aliphatic carbocycles. The molecule has 0 spiro atoms. The maximum atomic E-state index is 6.97. The molecular formula is C55H40N4O. The molecule has 0 saturated heterocycles. The zero-order valence-electron chi connectivity index (χ0n) is 32.8. The first-order valence-electron chi connectivity index (χ1n) is 20.8. The highest BCUT2D eigenvalue weighted by atomic mass is 16.3. The van der Waals surface area contributed by atoms with Crippen LogP contribution in [0.15, 0.2) is 215 Å². The van der Waals surface area contributed by atoms with Gasteiger partial charge in [0.2, 0.25) is 0 Å². The molecule has 2 N–H and O–H groups in total. The Hall–Kier alpha value is -7.47. The summed E-state index contributed by atoms with van der Waals surface area (Å²) in [4.78, 5) is 5.15. The van der Waals surface area contributed by atoms with Crippen molar-refractivity contribution in [3.63, 3.8) is 0 Å². The lowest BCUT2D eigenvalue weighted by Gasteiger charge is -2.34. The molecule has 0 radical (unpaired) electrons. The van der Waals surface area contributed by atoms with Crippen LogP contribution in [0.3, 0.4) is 0 Å². The summed E-state index contributed by atoms with van der Waals surface area (Å²) in [5, 5.41) is 14.7. The number of allylic oxidation sites excluding steroid dienone is 2. The van der Waals surface area contributed by atoms with Crippen LogP contribution in [0.2, 0.25) is 0 Å². The smallest absolute Gasteiger partial charge is 0.139 e. The van der Waals surface area contributed by atoms with E-state index in [1.165, 1.54) is 54.8 Å². The zero-order chi connectivity index (χ0) is 39.6. The molecule has 0 bridgehead atoms. The van der Waals surface area contributed by atoms with Crippen molar-refractivity contribution in [2.24, 2.45) is 4.99 Å². The number of para-hydroxylation sites is 1. The lowest BCUT2D eigenvalue weighted by Crippen LogP contribution is -2.52. The Morgan fingerprint density at radius 3 is 2.13 bits per heavy atom. The van der Waals surface area contributed by atoms with Crippen molar-refractivity contribution in [2.45, 2.75) is 24.7 Å². The van der Waals surface area contributed by atoms with E-state index in [0.717, 1.165) is 51.0 Å². The highest BCUT2D eigenvalue weighted by molar-refractivity contribution is 6.20. The molecule has 0 amide bonds. The van der Waals surface area contributed by atoms with Crippen LogP contribution < -0.4 is 10.6 Å². The molecule has 10 aromatic rings. The minimum Gasteiger partial charge on any atom is -0.456 e. The van der Waals surface area contributed by atoms with E-state index in [1.54, 1.807) is 0 Å². The number of rotatable bonds is 6. The summed E-state index contributed by atoms with van der Waals surface area (Å²) in [6, 6.07) is 64.9. The molecular weight excluding hydrogens is 733 g/mol. The third-order valence-corrected chi connectivity index (χ3v) is 12.4. The maximum absolute atomic E-state index is 6.97. The van der Waals surface area contributed by atoms with Gasteiger partial charge in [-0.3, -0.25) is 5.32 Å². The summed E-state index contributed by atoms with van der Waals surface area (Å²) < 4.78 is 9.38. The summed E-state index contributed by atoms with van der Waals surface area (Å²) in [6.45, 7) is 0. The Morgan fingerprint density at radius 2 is 1.30 bits per heavy atom. The summed E-state index contributed by atoms with van der Waals surface area (Å²) >= 11 is 0. The number of amidine groups is 1. The third kappa shape index (κ3) is 5.77. The van der Waals surface area contributed by atoms with Gasteiger partial charge in [0.1, 0.15) is 29.3 Å². The topological polar surface area (TPSA) is 54.5 Å². The second-order valence-corrected chi connectivity index (χ2v) is 15.9. The molecule has 3 unspecified atom stereocenters. The molecule has 3 heterocycles. The molecule has 3 atom stereocenters. The van der Waals surface area contributed by atoms with Gasteiger partial charge >= 0.3 is 0 Å². The lowest BCUT2D eigenvalue weighted by molar-refractivity contribution is 0.439. The predicted molar refractivity (Wildman–Crippen MR) is 248 cm³/mol. The Morgan fingerprint density at radius 1 is 0.583 bits per heavy atom. The van der Waals surface area contributed by atoms with Gasteiger partial charge in [-0.05, 0) is 81.9 Å². The normalized spacial score (nSPS) is 18.0. The number of furan rings is 1. The van der Waals surface area contributed by atoms with E-state index < -0.39 is 0 Å². The molecule has 8 aromatic carbocycles. The van der Waals surface area contributed by atoms with E-state index >= 15 is 0 Å². The summed E-state index contributed by atoms with van der Waals surface area (Å²) in [5.74, 6) is 0.983. The Kier molecular flexibility index (Phi) is 8.13. The molecule has 5 nitrogen and oxygen atoms in total.